The van der Waals surface area contributed by atoms with E-state index in [4.69, 9.17) is 4.74 Å². The highest BCUT2D eigenvalue weighted by molar-refractivity contribution is 7.87. The number of nitrogens with zero attached hydrogens (tertiary/aromatic N) is 1. The lowest BCUT2D eigenvalue weighted by Gasteiger charge is -2.25. The Labute approximate surface area is 109 Å². The quantitative estimate of drug-likeness (QED) is 0.620. The second-order valence-corrected chi connectivity index (χ2v) is 6.30. The van der Waals surface area contributed by atoms with Crippen LogP contribution >= 0.6 is 0 Å². The monoisotopic (exact) mass is 282 g/mol. The van der Waals surface area contributed by atoms with Crippen LogP contribution in [0.15, 0.2) is 0 Å². The normalized spacial score (nSPS) is 12.8. The first-order valence-corrected chi connectivity index (χ1v) is 6.91. The molecule has 0 saturated heterocycles. The molecule has 0 fully saturated rings. The summed E-state index contributed by atoms with van der Waals surface area (Å²) in [5, 5.41) is 0. The fraction of sp³-hybridized carbons (Fsp3) is 0.900. The van der Waals surface area contributed by atoms with E-state index >= 15 is 0 Å². The van der Waals surface area contributed by atoms with Crippen molar-refractivity contribution in [3.05, 3.63) is 0 Å². The van der Waals surface area contributed by atoms with Crippen LogP contribution in [0.1, 0.15) is 20.3 Å². The van der Waals surface area contributed by atoms with Gasteiger partial charge in [-0.05, 0) is 13.8 Å². The Kier molecular flexibility index (Phi) is 6.76. The maximum absolute atomic E-state index is 11.8. The second-order valence-electron chi connectivity index (χ2n) is 4.44. The second kappa shape index (κ2) is 7.03. The van der Waals surface area contributed by atoms with Crippen molar-refractivity contribution < 1.29 is 22.7 Å². The van der Waals surface area contributed by atoms with Crippen molar-refractivity contribution in [2.45, 2.75) is 25.9 Å². The standard InChI is InChI=1S/C10H22N2O5S/c1-10(2,17-5)8-11-18(14,15)12(3)7-6-9(13)16-4/h11H,6-8H2,1-5H3. The molecule has 0 bridgehead atoms. The number of ether oxygens (including phenoxy) is 2. The minimum Gasteiger partial charge on any atom is -0.469 e. The topological polar surface area (TPSA) is 84.9 Å². The van der Waals surface area contributed by atoms with Gasteiger partial charge in [-0.1, -0.05) is 0 Å². The summed E-state index contributed by atoms with van der Waals surface area (Å²) in [5.74, 6) is -0.450. The van der Waals surface area contributed by atoms with E-state index in [1.807, 2.05) is 0 Å². The van der Waals surface area contributed by atoms with Gasteiger partial charge >= 0.3 is 5.97 Å². The van der Waals surface area contributed by atoms with Crippen LogP contribution in [-0.2, 0) is 24.5 Å². The molecule has 0 aliphatic rings. The number of esters is 1. The summed E-state index contributed by atoms with van der Waals surface area (Å²) in [7, 11) is 0.551. The van der Waals surface area contributed by atoms with Crippen molar-refractivity contribution in [1.29, 1.82) is 0 Å². The van der Waals surface area contributed by atoms with E-state index in [-0.39, 0.29) is 19.5 Å². The molecule has 0 amide bonds. The van der Waals surface area contributed by atoms with Crippen molar-refractivity contribution in [3.8, 4) is 0 Å². The summed E-state index contributed by atoms with van der Waals surface area (Å²) in [4.78, 5) is 10.9. The molecule has 0 aliphatic carbocycles. The number of carbonyl (C=O) groups excluding carboxylic acids is 1. The van der Waals surface area contributed by atoms with Gasteiger partial charge in [-0.15, -0.1) is 0 Å². The molecule has 108 valence electrons. The Morgan fingerprint density at radius 2 is 1.89 bits per heavy atom. The van der Waals surface area contributed by atoms with Crippen LogP contribution < -0.4 is 4.72 Å². The molecule has 0 aromatic rings. The van der Waals surface area contributed by atoms with E-state index in [9.17, 15) is 13.2 Å². The Balaban J connectivity index is 4.32. The van der Waals surface area contributed by atoms with Gasteiger partial charge in [0.15, 0.2) is 0 Å². The van der Waals surface area contributed by atoms with Gasteiger partial charge in [-0.2, -0.15) is 17.4 Å². The molecular formula is C10H22N2O5S. The molecule has 0 radical (unpaired) electrons. The van der Waals surface area contributed by atoms with Crippen LogP contribution in [0.2, 0.25) is 0 Å². The van der Waals surface area contributed by atoms with Gasteiger partial charge in [0.25, 0.3) is 10.2 Å². The fourth-order valence-electron chi connectivity index (χ4n) is 0.918. The molecule has 18 heavy (non-hydrogen) atoms. The molecule has 0 heterocycles. The average molecular weight is 282 g/mol. The van der Waals surface area contributed by atoms with E-state index < -0.39 is 21.8 Å². The molecule has 0 atom stereocenters. The number of hydrogen-bond acceptors (Lipinski definition) is 5. The van der Waals surface area contributed by atoms with Gasteiger partial charge in [0.05, 0.1) is 19.1 Å². The summed E-state index contributed by atoms with van der Waals surface area (Å²) < 4.78 is 36.6. The molecule has 0 rings (SSSR count). The lowest BCUT2D eigenvalue weighted by Crippen LogP contribution is -2.45. The molecule has 0 unspecified atom stereocenters. The van der Waals surface area contributed by atoms with E-state index in [1.165, 1.54) is 21.3 Å². The van der Waals surface area contributed by atoms with Gasteiger partial charge < -0.3 is 9.47 Å². The van der Waals surface area contributed by atoms with Gasteiger partial charge in [-0.25, -0.2) is 0 Å². The summed E-state index contributed by atoms with van der Waals surface area (Å²) >= 11 is 0. The number of carbonyl (C=O) groups is 1. The summed E-state index contributed by atoms with van der Waals surface area (Å²) in [5.41, 5.74) is -0.587. The number of nitrogens with one attached hydrogen (secondary N) is 1. The molecule has 0 saturated carbocycles. The lowest BCUT2D eigenvalue weighted by atomic mass is 10.1. The van der Waals surface area contributed by atoms with Crippen molar-refractivity contribution in [1.82, 2.24) is 9.03 Å². The van der Waals surface area contributed by atoms with Crippen molar-refractivity contribution >= 4 is 16.2 Å². The molecular weight excluding hydrogens is 260 g/mol. The maximum Gasteiger partial charge on any atom is 0.306 e. The molecule has 1 N–H and O–H groups in total. The molecule has 0 aromatic carbocycles. The number of hydrogen-bond donors (Lipinski definition) is 1. The first-order chi connectivity index (χ1) is 8.14. The third kappa shape index (κ3) is 6.29. The average Bonchev–Trinajstić information content (AvgIpc) is 2.33. The smallest absolute Gasteiger partial charge is 0.306 e. The summed E-state index contributed by atoms with van der Waals surface area (Å²) in [6, 6.07) is 0. The predicted octanol–water partition coefficient (Wildman–Crippen LogP) is -0.259. The molecule has 0 spiro atoms. The summed E-state index contributed by atoms with van der Waals surface area (Å²) in [6.45, 7) is 3.75. The van der Waals surface area contributed by atoms with Gasteiger partial charge in [0.2, 0.25) is 0 Å². The molecule has 0 aromatic heterocycles. The highest BCUT2D eigenvalue weighted by Gasteiger charge is 2.23. The third-order valence-electron chi connectivity index (χ3n) is 2.50. The predicted molar refractivity (Wildman–Crippen MR) is 67.3 cm³/mol. The first-order valence-electron chi connectivity index (χ1n) is 5.47. The summed E-state index contributed by atoms with van der Waals surface area (Å²) in [6.07, 6.45) is 0.0155. The highest BCUT2D eigenvalue weighted by Crippen LogP contribution is 2.06. The number of rotatable bonds is 8. The lowest BCUT2D eigenvalue weighted by molar-refractivity contribution is -0.140. The zero-order valence-corrected chi connectivity index (χ0v) is 12.3. The zero-order chi connectivity index (χ0) is 14.4. The Bertz CT molecular complexity index is 366. The SMILES string of the molecule is COC(=O)CCN(C)S(=O)(=O)NCC(C)(C)OC. The minimum absolute atomic E-state index is 0.0155. The Hall–Kier alpha value is -0.700. The largest absolute Gasteiger partial charge is 0.469 e. The van der Waals surface area contributed by atoms with E-state index in [2.05, 4.69) is 9.46 Å². The van der Waals surface area contributed by atoms with Crippen molar-refractivity contribution in [3.63, 3.8) is 0 Å². The molecule has 8 heteroatoms. The van der Waals surface area contributed by atoms with Crippen LogP contribution in [0.3, 0.4) is 0 Å². The number of methoxy groups -OCH3 is 2. The highest BCUT2D eigenvalue weighted by atomic mass is 32.2. The molecule has 0 aliphatic heterocycles. The Morgan fingerprint density at radius 1 is 1.33 bits per heavy atom. The van der Waals surface area contributed by atoms with Crippen LogP contribution in [0.5, 0.6) is 0 Å². The minimum atomic E-state index is -3.61. The van der Waals surface area contributed by atoms with E-state index in [0.29, 0.717) is 0 Å². The van der Waals surface area contributed by atoms with Gasteiger partial charge in [-0.3, -0.25) is 4.79 Å². The maximum atomic E-state index is 11.8. The van der Waals surface area contributed by atoms with Gasteiger partial charge in [0.1, 0.15) is 0 Å². The molecule has 7 nitrogen and oxygen atoms in total. The van der Waals surface area contributed by atoms with E-state index in [1.54, 1.807) is 13.8 Å². The Morgan fingerprint density at radius 3 is 2.33 bits per heavy atom. The van der Waals surface area contributed by atoms with Gasteiger partial charge in [0, 0.05) is 27.2 Å². The zero-order valence-electron chi connectivity index (χ0n) is 11.5. The van der Waals surface area contributed by atoms with E-state index in [0.717, 1.165) is 4.31 Å². The van der Waals surface area contributed by atoms with Crippen molar-refractivity contribution in [2.24, 2.45) is 0 Å². The fourth-order valence-corrected chi connectivity index (χ4v) is 2.00. The van der Waals surface area contributed by atoms with Crippen LogP contribution in [0, 0.1) is 0 Å². The third-order valence-corrected chi connectivity index (χ3v) is 4.01. The first kappa shape index (κ1) is 17.3. The van der Waals surface area contributed by atoms with Crippen LogP contribution in [0.4, 0.5) is 0 Å². The van der Waals surface area contributed by atoms with Crippen LogP contribution in [0.25, 0.3) is 0 Å². The van der Waals surface area contributed by atoms with Crippen molar-refractivity contribution in [2.75, 3.05) is 34.4 Å². The van der Waals surface area contributed by atoms with Crippen LogP contribution in [-0.4, -0.2) is 58.7 Å².